The van der Waals surface area contributed by atoms with Crippen LogP contribution in [0, 0.1) is 49.9 Å². The number of rotatable bonds is 5. The van der Waals surface area contributed by atoms with Gasteiger partial charge in [-0.1, -0.05) is 35.9 Å². The first-order chi connectivity index (χ1) is 17.0. The molecule has 0 fully saturated rings. The number of hydrogen-bond donors (Lipinski definition) is 0. The van der Waals surface area contributed by atoms with Crippen molar-refractivity contribution in [3.8, 4) is 0 Å². The summed E-state index contributed by atoms with van der Waals surface area (Å²) in [5.74, 6) is -12.8. The van der Waals surface area contributed by atoms with Crippen molar-refractivity contribution in [2.75, 3.05) is 0 Å². The first-order valence-electron chi connectivity index (χ1n) is 11.5. The second kappa shape index (κ2) is 11.3. The highest BCUT2D eigenvalue weighted by molar-refractivity contribution is 7.85. The van der Waals surface area contributed by atoms with Gasteiger partial charge in [0.1, 0.15) is 26.4 Å². The summed E-state index contributed by atoms with van der Waals surface area (Å²) in [6.07, 6.45) is 0. The monoisotopic (exact) mass is 543 g/mol. The van der Waals surface area contributed by atoms with Gasteiger partial charge in [0.25, 0.3) is 0 Å². The van der Waals surface area contributed by atoms with Crippen LogP contribution in [0.15, 0.2) is 47.4 Å². The molecule has 0 saturated heterocycles. The van der Waals surface area contributed by atoms with E-state index >= 15 is 0 Å². The molecule has 0 N–H and O–H groups in total. The van der Waals surface area contributed by atoms with Crippen molar-refractivity contribution in [1.82, 2.24) is 4.48 Å². The minimum Gasteiger partial charge on any atom is -0.744 e. The molecule has 3 aromatic rings. The number of aryl methyl sites for hydroxylation is 3. The van der Waals surface area contributed by atoms with Crippen LogP contribution < -0.4 is 4.48 Å². The minimum absolute atomic E-state index is 0.475. The Hall–Kier alpha value is -2.82. The van der Waals surface area contributed by atoms with E-state index in [1.54, 1.807) is 0 Å². The predicted octanol–water partition coefficient (Wildman–Crippen LogP) is 7.35. The van der Waals surface area contributed by atoms with Crippen molar-refractivity contribution in [3.05, 3.63) is 88.2 Å². The van der Waals surface area contributed by atoms with Gasteiger partial charge >= 0.3 is 0 Å². The van der Waals surface area contributed by atoms with E-state index in [1.165, 1.54) is 28.1 Å². The van der Waals surface area contributed by atoms with E-state index in [0.717, 1.165) is 4.48 Å². The van der Waals surface area contributed by atoms with E-state index in [4.69, 9.17) is 0 Å². The molecule has 3 aromatic carbocycles. The van der Waals surface area contributed by atoms with Gasteiger partial charge in [-0.3, -0.25) is 4.48 Å². The number of benzene rings is 3. The van der Waals surface area contributed by atoms with Gasteiger partial charge in [-0.05, 0) is 60.6 Å². The summed E-state index contributed by atoms with van der Waals surface area (Å²) in [7, 11) is -5.77. The van der Waals surface area contributed by atoms with Crippen molar-refractivity contribution >= 4 is 21.5 Å². The quantitative estimate of drug-likeness (QED) is 0.111. The lowest BCUT2D eigenvalue weighted by Gasteiger charge is -2.46. The van der Waals surface area contributed by atoms with E-state index in [0.29, 0.717) is 12.1 Å². The number of para-hydroxylation sites is 1. The lowest BCUT2D eigenvalue weighted by molar-refractivity contribution is 0.263. The topological polar surface area (TPSA) is 57.2 Å². The van der Waals surface area contributed by atoms with Gasteiger partial charge < -0.3 is 4.55 Å². The first kappa shape index (κ1) is 30.4. The molecule has 0 aliphatic heterocycles. The van der Waals surface area contributed by atoms with Crippen molar-refractivity contribution < 1.29 is 34.9 Å². The standard InChI is InChI=1S/C21H30N.C6HF5O3S/c1-15(2)22(16(3)4,20-11-9-8-10-12-20)21-18(6)13-17(5)14-19(21)7;7-1-2(8)4(10)6(15(12,13)14)5(11)3(1)9/h8-16H,1-7H3;(H,12,13,14)/q+1;/p-1. The second-order valence-electron chi connectivity index (χ2n) is 9.40. The molecule has 0 unspecified atom stereocenters. The van der Waals surface area contributed by atoms with Gasteiger partial charge in [-0.2, -0.15) is 0 Å². The zero-order valence-electron chi connectivity index (χ0n) is 21.7. The van der Waals surface area contributed by atoms with Crippen LogP contribution in [-0.2, 0) is 10.1 Å². The summed E-state index contributed by atoms with van der Waals surface area (Å²) in [4.78, 5) is -2.38. The summed E-state index contributed by atoms with van der Waals surface area (Å²) in [6.45, 7) is 16.1. The van der Waals surface area contributed by atoms with Crippen molar-refractivity contribution in [2.24, 2.45) is 0 Å². The maximum atomic E-state index is 12.6. The molecule has 0 spiro atoms. The van der Waals surface area contributed by atoms with Crippen LogP contribution in [0.5, 0.6) is 0 Å². The van der Waals surface area contributed by atoms with E-state index in [-0.39, 0.29) is 0 Å². The third kappa shape index (κ3) is 5.71. The molecule has 202 valence electrons. The molecule has 0 radical (unpaired) electrons. The van der Waals surface area contributed by atoms with Gasteiger partial charge in [0.15, 0.2) is 23.3 Å². The predicted molar refractivity (Wildman–Crippen MR) is 133 cm³/mol. The fourth-order valence-electron chi connectivity index (χ4n) is 5.07. The lowest BCUT2D eigenvalue weighted by Crippen LogP contribution is -2.55. The van der Waals surface area contributed by atoms with Crippen LogP contribution >= 0.6 is 0 Å². The molecule has 37 heavy (non-hydrogen) atoms. The average Bonchev–Trinajstić information content (AvgIpc) is 2.78. The summed E-state index contributed by atoms with van der Waals surface area (Å²) < 4.78 is 93.8. The van der Waals surface area contributed by atoms with Crippen molar-refractivity contribution in [1.29, 1.82) is 0 Å². The van der Waals surface area contributed by atoms with Crippen molar-refractivity contribution in [2.45, 2.75) is 65.4 Å². The Morgan fingerprint density at radius 1 is 0.703 bits per heavy atom. The summed E-state index contributed by atoms with van der Waals surface area (Å²) in [6, 6.07) is 16.6. The van der Waals surface area contributed by atoms with Crippen LogP contribution in [0.1, 0.15) is 44.4 Å². The molecular weight excluding hydrogens is 513 g/mol. The number of halogens is 5. The Labute approximate surface area is 214 Å². The van der Waals surface area contributed by atoms with Gasteiger partial charge in [-0.15, -0.1) is 0 Å². The van der Waals surface area contributed by atoms with Crippen LogP contribution in [0.3, 0.4) is 0 Å². The number of nitrogens with zero attached hydrogens (tertiary/aromatic N) is 1. The van der Waals surface area contributed by atoms with Gasteiger partial charge in [0.05, 0.1) is 12.1 Å². The Morgan fingerprint density at radius 3 is 1.43 bits per heavy atom. The molecule has 0 bridgehead atoms. The molecule has 0 heterocycles. The molecule has 0 aliphatic rings. The summed E-state index contributed by atoms with van der Waals surface area (Å²) >= 11 is 0. The van der Waals surface area contributed by atoms with E-state index in [9.17, 15) is 34.9 Å². The third-order valence-electron chi connectivity index (χ3n) is 6.24. The van der Waals surface area contributed by atoms with E-state index in [1.807, 2.05) is 0 Å². The Morgan fingerprint density at radius 2 is 1.08 bits per heavy atom. The molecule has 0 saturated carbocycles. The zero-order chi connectivity index (χ0) is 28.5. The first-order valence-corrected chi connectivity index (χ1v) is 12.9. The molecule has 4 nitrogen and oxygen atoms in total. The fraction of sp³-hybridized carbons (Fsp3) is 0.333. The molecule has 0 atom stereocenters. The highest BCUT2D eigenvalue weighted by Gasteiger charge is 2.42. The van der Waals surface area contributed by atoms with Gasteiger partial charge in [-0.25, -0.2) is 30.4 Å². The maximum Gasteiger partial charge on any atom is 0.200 e. The Balaban J connectivity index is 0.000000281. The Kier molecular flexibility index (Phi) is 9.27. The van der Waals surface area contributed by atoms with Crippen LogP contribution in [0.2, 0.25) is 0 Å². The minimum atomic E-state index is -5.77. The van der Waals surface area contributed by atoms with Crippen LogP contribution in [0.25, 0.3) is 0 Å². The summed E-state index contributed by atoms with van der Waals surface area (Å²) in [5, 5.41) is 0. The highest BCUT2D eigenvalue weighted by atomic mass is 32.2. The molecule has 0 amide bonds. The third-order valence-corrected chi connectivity index (χ3v) is 7.10. The smallest absolute Gasteiger partial charge is 0.200 e. The molecule has 3 rings (SSSR count). The molecule has 0 aromatic heterocycles. The Bertz CT molecular complexity index is 1330. The fourth-order valence-corrected chi connectivity index (χ4v) is 5.69. The van der Waals surface area contributed by atoms with Gasteiger partial charge in [0.2, 0.25) is 5.82 Å². The molecular formula is C27H30F5NO3S. The van der Waals surface area contributed by atoms with Crippen molar-refractivity contribution in [3.63, 3.8) is 0 Å². The number of quaternary nitrogens is 1. The SMILES string of the molecule is Cc1cc(C)c([N+](c2ccccc2)(C(C)C)C(C)C)c(C)c1.O=S(=O)([O-])c1c(F)c(F)c(F)c(F)c1F. The average molecular weight is 544 g/mol. The maximum absolute atomic E-state index is 12.6. The van der Waals surface area contributed by atoms with E-state index < -0.39 is 44.1 Å². The zero-order valence-corrected chi connectivity index (χ0v) is 22.5. The number of hydrogen-bond acceptors (Lipinski definition) is 3. The molecule has 10 heteroatoms. The largest absolute Gasteiger partial charge is 0.744 e. The molecule has 0 aliphatic carbocycles. The summed E-state index contributed by atoms with van der Waals surface area (Å²) in [5.41, 5.74) is 6.97. The normalized spacial score (nSPS) is 12.1. The lowest BCUT2D eigenvalue weighted by atomic mass is 9.96. The van der Waals surface area contributed by atoms with Crippen LogP contribution in [0.4, 0.5) is 33.3 Å². The van der Waals surface area contributed by atoms with E-state index in [2.05, 4.69) is 90.9 Å². The second-order valence-corrected chi connectivity index (χ2v) is 10.7. The highest BCUT2D eigenvalue weighted by Crippen LogP contribution is 2.44. The van der Waals surface area contributed by atoms with Crippen LogP contribution in [-0.4, -0.2) is 25.1 Å². The van der Waals surface area contributed by atoms with Gasteiger partial charge in [0, 0.05) is 11.1 Å².